The Morgan fingerprint density at radius 1 is 1.30 bits per heavy atom. The maximum absolute atomic E-state index is 13.0. The van der Waals surface area contributed by atoms with Gasteiger partial charge in [-0.2, -0.15) is 5.10 Å². The molecule has 27 heavy (non-hydrogen) atoms. The first-order chi connectivity index (χ1) is 13.1. The Morgan fingerprint density at radius 3 is 2.85 bits per heavy atom. The van der Waals surface area contributed by atoms with Gasteiger partial charge in [0.2, 0.25) is 5.91 Å². The highest BCUT2D eigenvalue weighted by Gasteiger charge is 2.34. The first kappa shape index (κ1) is 17.5. The highest BCUT2D eigenvalue weighted by Crippen LogP contribution is 2.26. The van der Waals surface area contributed by atoms with Crippen LogP contribution in [0.3, 0.4) is 0 Å². The Kier molecular flexibility index (Phi) is 4.81. The molecule has 1 unspecified atom stereocenters. The average molecular weight is 370 g/mol. The van der Waals surface area contributed by atoms with Gasteiger partial charge in [0, 0.05) is 26.7 Å². The second-order valence-corrected chi connectivity index (χ2v) is 6.78. The van der Waals surface area contributed by atoms with Gasteiger partial charge in [-0.25, -0.2) is 0 Å². The topological polar surface area (TPSA) is 76.9 Å². The van der Waals surface area contributed by atoms with E-state index in [-0.39, 0.29) is 24.4 Å². The number of aromatic nitrogens is 2. The maximum Gasteiger partial charge on any atom is 0.258 e. The lowest BCUT2D eigenvalue weighted by Crippen LogP contribution is -2.55. The maximum atomic E-state index is 13.0. The van der Waals surface area contributed by atoms with E-state index in [1.54, 1.807) is 47.2 Å². The van der Waals surface area contributed by atoms with Crippen LogP contribution in [0.2, 0.25) is 0 Å². The minimum atomic E-state index is -0.204. The van der Waals surface area contributed by atoms with Gasteiger partial charge in [0.15, 0.2) is 5.75 Å². The van der Waals surface area contributed by atoms with Crippen molar-refractivity contribution in [3.63, 3.8) is 0 Å². The Morgan fingerprint density at radius 2 is 2.15 bits per heavy atom. The molecule has 0 aliphatic carbocycles. The number of ether oxygens (including phenoxy) is 2. The largest absolute Gasteiger partial charge is 0.453 e. The van der Waals surface area contributed by atoms with Crippen molar-refractivity contribution < 1.29 is 19.1 Å². The van der Waals surface area contributed by atoms with Crippen molar-refractivity contribution >= 4 is 11.8 Å². The van der Waals surface area contributed by atoms with E-state index in [1.807, 2.05) is 11.0 Å². The van der Waals surface area contributed by atoms with Gasteiger partial charge >= 0.3 is 0 Å². The highest BCUT2D eigenvalue weighted by atomic mass is 16.5. The van der Waals surface area contributed by atoms with Gasteiger partial charge in [0.25, 0.3) is 5.91 Å². The zero-order valence-corrected chi connectivity index (χ0v) is 15.2. The van der Waals surface area contributed by atoms with Gasteiger partial charge in [0.05, 0.1) is 30.6 Å². The lowest BCUT2D eigenvalue weighted by Gasteiger charge is -2.37. The Labute approximate surface area is 157 Å². The van der Waals surface area contributed by atoms with Crippen molar-refractivity contribution in [2.24, 2.45) is 7.05 Å². The molecule has 0 spiro atoms. The number of aryl methyl sites for hydroxylation is 1. The lowest BCUT2D eigenvalue weighted by atomic mass is 10.1. The van der Waals surface area contributed by atoms with Crippen LogP contribution in [0.4, 0.5) is 0 Å². The standard InChI is InChI=1S/C19H22N4O4/c1-21-11-15(10-20-21)27-17-5-3-2-4-16(17)19(25)22-7-8-23(18(24)12-22)14-6-9-26-13-14/h2-5,10-11,14H,6-9,12-13H2,1H3. The van der Waals surface area contributed by atoms with Crippen LogP contribution in [0.15, 0.2) is 36.7 Å². The van der Waals surface area contributed by atoms with Crippen LogP contribution in [0.25, 0.3) is 0 Å². The molecule has 8 nitrogen and oxygen atoms in total. The van der Waals surface area contributed by atoms with Crippen molar-refractivity contribution in [3.8, 4) is 11.5 Å². The number of piperazine rings is 1. The molecule has 142 valence electrons. The first-order valence-electron chi connectivity index (χ1n) is 9.04. The Bertz CT molecular complexity index is 844. The van der Waals surface area contributed by atoms with Crippen molar-refractivity contribution in [1.82, 2.24) is 19.6 Å². The highest BCUT2D eigenvalue weighted by molar-refractivity contribution is 5.99. The third-order valence-electron chi connectivity index (χ3n) is 4.92. The van der Waals surface area contributed by atoms with Gasteiger partial charge in [-0.1, -0.05) is 12.1 Å². The number of benzene rings is 1. The minimum Gasteiger partial charge on any atom is -0.453 e. The fourth-order valence-electron chi connectivity index (χ4n) is 3.49. The molecule has 1 aromatic heterocycles. The third kappa shape index (κ3) is 3.66. The molecule has 1 atom stereocenters. The molecule has 2 aromatic rings. The number of hydrogen-bond acceptors (Lipinski definition) is 5. The Balaban J connectivity index is 1.47. The van der Waals surface area contributed by atoms with E-state index in [9.17, 15) is 9.59 Å². The van der Waals surface area contributed by atoms with E-state index in [2.05, 4.69) is 5.10 Å². The monoisotopic (exact) mass is 370 g/mol. The summed E-state index contributed by atoms with van der Waals surface area (Å²) >= 11 is 0. The number of carbonyl (C=O) groups is 2. The van der Waals surface area contributed by atoms with Crippen LogP contribution >= 0.6 is 0 Å². The summed E-state index contributed by atoms with van der Waals surface area (Å²) in [6.07, 6.45) is 4.18. The second-order valence-electron chi connectivity index (χ2n) is 6.78. The van der Waals surface area contributed by atoms with Crippen LogP contribution in [-0.2, 0) is 16.6 Å². The predicted molar refractivity (Wildman–Crippen MR) is 96.6 cm³/mol. The Hall–Kier alpha value is -2.87. The molecule has 2 fully saturated rings. The van der Waals surface area contributed by atoms with Crippen molar-refractivity contribution in [3.05, 3.63) is 42.2 Å². The van der Waals surface area contributed by atoms with E-state index in [0.29, 0.717) is 43.4 Å². The summed E-state index contributed by atoms with van der Waals surface area (Å²) in [5.74, 6) is 0.773. The molecule has 2 aliphatic rings. The number of carbonyl (C=O) groups excluding carboxylic acids is 2. The third-order valence-corrected chi connectivity index (χ3v) is 4.92. The van der Waals surface area contributed by atoms with Crippen LogP contribution in [-0.4, -0.2) is 70.3 Å². The average Bonchev–Trinajstić information content (AvgIpc) is 3.33. The molecule has 4 rings (SSSR count). The zero-order chi connectivity index (χ0) is 18.8. The van der Waals surface area contributed by atoms with E-state index in [1.165, 1.54) is 0 Å². The number of hydrogen-bond donors (Lipinski definition) is 0. The molecule has 1 aromatic carbocycles. The quantitative estimate of drug-likeness (QED) is 0.810. The molecule has 0 radical (unpaired) electrons. The summed E-state index contributed by atoms with van der Waals surface area (Å²) in [5, 5.41) is 4.07. The molecular weight excluding hydrogens is 348 g/mol. The summed E-state index contributed by atoms with van der Waals surface area (Å²) < 4.78 is 12.8. The van der Waals surface area contributed by atoms with Crippen LogP contribution < -0.4 is 4.74 Å². The van der Waals surface area contributed by atoms with Crippen molar-refractivity contribution in [2.75, 3.05) is 32.8 Å². The summed E-state index contributed by atoms with van der Waals surface area (Å²) in [7, 11) is 1.80. The van der Waals surface area contributed by atoms with Gasteiger partial charge in [-0.05, 0) is 18.6 Å². The molecule has 2 amide bonds. The van der Waals surface area contributed by atoms with Gasteiger partial charge in [-0.3, -0.25) is 14.3 Å². The van der Waals surface area contributed by atoms with Gasteiger partial charge in [-0.15, -0.1) is 0 Å². The van der Waals surface area contributed by atoms with E-state index < -0.39 is 0 Å². The SMILES string of the molecule is Cn1cc(Oc2ccccc2C(=O)N2CCN(C3CCOC3)C(=O)C2)cn1. The summed E-state index contributed by atoms with van der Waals surface area (Å²) in [5.41, 5.74) is 0.437. The fraction of sp³-hybridized carbons (Fsp3) is 0.421. The van der Waals surface area contributed by atoms with E-state index >= 15 is 0 Å². The summed E-state index contributed by atoms with van der Waals surface area (Å²) in [6, 6.07) is 7.20. The van der Waals surface area contributed by atoms with Crippen LogP contribution in [0.5, 0.6) is 11.5 Å². The van der Waals surface area contributed by atoms with Crippen LogP contribution in [0.1, 0.15) is 16.8 Å². The molecule has 0 N–H and O–H groups in total. The van der Waals surface area contributed by atoms with E-state index in [4.69, 9.17) is 9.47 Å². The lowest BCUT2D eigenvalue weighted by molar-refractivity contribution is -0.137. The molecular formula is C19H22N4O4. The fourth-order valence-corrected chi connectivity index (χ4v) is 3.49. The minimum absolute atomic E-state index is 0.0317. The number of amides is 2. The molecule has 2 aliphatic heterocycles. The van der Waals surface area contributed by atoms with Gasteiger partial charge in [0.1, 0.15) is 12.3 Å². The second kappa shape index (κ2) is 7.40. The molecule has 0 bridgehead atoms. The van der Waals surface area contributed by atoms with E-state index in [0.717, 1.165) is 6.42 Å². The number of para-hydroxylation sites is 1. The zero-order valence-electron chi connectivity index (χ0n) is 15.2. The summed E-state index contributed by atoms with van der Waals surface area (Å²) in [4.78, 5) is 29.0. The molecule has 0 saturated carbocycles. The smallest absolute Gasteiger partial charge is 0.258 e. The normalized spacial score (nSPS) is 20.2. The first-order valence-corrected chi connectivity index (χ1v) is 9.04. The summed E-state index contributed by atoms with van der Waals surface area (Å²) in [6.45, 7) is 2.39. The number of nitrogens with zero attached hydrogens (tertiary/aromatic N) is 4. The molecule has 3 heterocycles. The van der Waals surface area contributed by atoms with Crippen molar-refractivity contribution in [1.29, 1.82) is 0 Å². The number of rotatable bonds is 4. The van der Waals surface area contributed by atoms with Gasteiger partial charge < -0.3 is 19.3 Å². The van der Waals surface area contributed by atoms with Crippen molar-refractivity contribution in [2.45, 2.75) is 12.5 Å². The molecule has 8 heteroatoms. The van der Waals surface area contributed by atoms with Crippen LogP contribution in [0, 0.1) is 0 Å². The molecule has 2 saturated heterocycles. The predicted octanol–water partition coefficient (Wildman–Crippen LogP) is 1.29.